The summed E-state index contributed by atoms with van der Waals surface area (Å²) in [4.78, 5) is 14.4. The van der Waals surface area contributed by atoms with Crippen LogP contribution in [0.1, 0.15) is 25.7 Å². The number of nitrogens with two attached hydrogens (primary N) is 1. The fourth-order valence-corrected chi connectivity index (χ4v) is 1.50. The fourth-order valence-electron chi connectivity index (χ4n) is 1.50. The summed E-state index contributed by atoms with van der Waals surface area (Å²) in [6.07, 6.45) is 3.01. The molecule has 1 rings (SSSR count). The van der Waals surface area contributed by atoms with Crippen LogP contribution in [0.2, 0.25) is 0 Å². The first-order valence-electron chi connectivity index (χ1n) is 5.55. The number of carboxylic acids is 1. The van der Waals surface area contributed by atoms with Crippen molar-refractivity contribution in [1.29, 1.82) is 0 Å². The number of rotatable bonds is 6. The molecule has 0 bridgehead atoms. The summed E-state index contributed by atoms with van der Waals surface area (Å²) in [6.45, 7) is 1.93. The summed E-state index contributed by atoms with van der Waals surface area (Å²) >= 11 is 0. The molecule has 1 aliphatic rings. The van der Waals surface area contributed by atoms with E-state index in [1.807, 2.05) is 0 Å². The Bertz CT molecular complexity index is 250. The van der Waals surface area contributed by atoms with E-state index in [9.17, 15) is 4.79 Å². The number of aliphatic carboxylic acids is 1. The van der Waals surface area contributed by atoms with E-state index in [0.29, 0.717) is 25.5 Å². The van der Waals surface area contributed by atoms with Crippen molar-refractivity contribution in [2.75, 3.05) is 19.7 Å². The Hall–Kier alpha value is -1.30. The van der Waals surface area contributed by atoms with Gasteiger partial charge >= 0.3 is 5.97 Å². The molecule has 16 heavy (non-hydrogen) atoms. The van der Waals surface area contributed by atoms with Crippen LogP contribution in [0.4, 0.5) is 0 Å². The molecule has 6 nitrogen and oxygen atoms in total. The maximum atomic E-state index is 10.2. The molecule has 1 unspecified atom stereocenters. The highest BCUT2D eigenvalue weighted by Crippen LogP contribution is 2.11. The van der Waals surface area contributed by atoms with Gasteiger partial charge in [0.2, 0.25) is 0 Å². The highest BCUT2D eigenvalue weighted by Gasteiger charge is 2.14. The minimum atomic E-state index is -0.795. The van der Waals surface area contributed by atoms with Crippen molar-refractivity contribution >= 4 is 11.9 Å². The van der Waals surface area contributed by atoms with E-state index in [1.165, 1.54) is 0 Å². The Morgan fingerprint density at radius 1 is 1.62 bits per heavy atom. The number of ether oxygens (including phenoxy) is 1. The molecule has 0 aromatic rings. The van der Waals surface area contributed by atoms with E-state index in [0.717, 1.165) is 19.4 Å². The topological polar surface area (TPSA) is 96.9 Å². The molecule has 1 atom stereocenters. The van der Waals surface area contributed by atoms with Crippen molar-refractivity contribution in [3.05, 3.63) is 0 Å². The van der Waals surface area contributed by atoms with Gasteiger partial charge in [0, 0.05) is 19.6 Å². The summed E-state index contributed by atoms with van der Waals surface area (Å²) in [5.41, 5.74) is 5.60. The normalized spacial score (nSPS) is 21.0. The maximum absolute atomic E-state index is 10.2. The third-order valence-electron chi connectivity index (χ3n) is 2.36. The summed E-state index contributed by atoms with van der Waals surface area (Å²) < 4.78 is 5.39. The molecule has 0 aromatic carbocycles. The minimum absolute atomic E-state index is 0.145. The van der Waals surface area contributed by atoms with Crippen molar-refractivity contribution in [3.8, 4) is 0 Å². The van der Waals surface area contributed by atoms with Crippen LogP contribution in [0.3, 0.4) is 0 Å². The Kier molecular flexibility index (Phi) is 5.63. The average molecular weight is 229 g/mol. The third-order valence-corrected chi connectivity index (χ3v) is 2.36. The van der Waals surface area contributed by atoms with E-state index in [-0.39, 0.29) is 12.5 Å². The first kappa shape index (κ1) is 12.8. The first-order chi connectivity index (χ1) is 7.68. The molecule has 0 aromatic heterocycles. The molecule has 0 aliphatic carbocycles. The van der Waals surface area contributed by atoms with Crippen LogP contribution >= 0.6 is 0 Å². The zero-order valence-corrected chi connectivity index (χ0v) is 9.32. The molecule has 6 heteroatoms. The van der Waals surface area contributed by atoms with Crippen molar-refractivity contribution in [2.45, 2.75) is 31.8 Å². The van der Waals surface area contributed by atoms with Gasteiger partial charge in [-0.05, 0) is 19.3 Å². The number of carbonyl (C=O) groups is 1. The average Bonchev–Trinajstić information content (AvgIpc) is 2.74. The van der Waals surface area contributed by atoms with Gasteiger partial charge in [0.1, 0.15) is 0 Å². The Labute approximate surface area is 94.9 Å². The van der Waals surface area contributed by atoms with E-state index in [2.05, 4.69) is 10.3 Å². The largest absolute Gasteiger partial charge is 0.481 e. The lowest BCUT2D eigenvalue weighted by atomic mass is 10.2. The van der Waals surface area contributed by atoms with Crippen molar-refractivity contribution < 1.29 is 14.6 Å². The Morgan fingerprint density at radius 2 is 2.44 bits per heavy atom. The van der Waals surface area contributed by atoms with Crippen LogP contribution in [0, 0.1) is 0 Å². The first-order valence-corrected chi connectivity index (χ1v) is 5.55. The van der Waals surface area contributed by atoms with Crippen molar-refractivity contribution in [2.24, 2.45) is 10.7 Å². The van der Waals surface area contributed by atoms with Crippen LogP contribution in [0.25, 0.3) is 0 Å². The van der Waals surface area contributed by atoms with Crippen LogP contribution in [0.15, 0.2) is 4.99 Å². The monoisotopic (exact) mass is 229 g/mol. The highest BCUT2D eigenvalue weighted by molar-refractivity contribution is 5.77. The van der Waals surface area contributed by atoms with Gasteiger partial charge in [0.25, 0.3) is 0 Å². The summed E-state index contributed by atoms with van der Waals surface area (Å²) in [5.74, 6) is -0.433. The lowest BCUT2D eigenvalue weighted by Crippen LogP contribution is -2.33. The van der Waals surface area contributed by atoms with Crippen molar-refractivity contribution in [1.82, 2.24) is 5.32 Å². The smallest absolute Gasteiger partial charge is 0.303 e. The number of carboxylic acid groups (broad SMARTS) is 1. The molecule has 1 saturated heterocycles. The van der Waals surface area contributed by atoms with Gasteiger partial charge in [0.15, 0.2) is 5.96 Å². The molecule has 92 valence electrons. The molecule has 1 fully saturated rings. The van der Waals surface area contributed by atoms with E-state index in [1.54, 1.807) is 0 Å². The predicted molar refractivity (Wildman–Crippen MR) is 60.3 cm³/mol. The van der Waals surface area contributed by atoms with Gasteiger partial charge in [-0.1, -0.05) is 0 Å². The third kappa shape index (κ3) is 5.55. The van der Waals surface area contributed by atoms with E-state index >= 15 is 0 Å². The molecule has 0 spiro atoms. The molecule has 0 saturated carbocycles. The second kappa shape index (κ2) is 7.05. The van der Waals surface area contributed by atoms with Crippen LogP contribution in [-0.2, 0) is 9.53 Å². The fraction of sp³-hybridized carbons (Fsp3) is 0.800. The lowest BCUT2D eigenvalue weighted by molar-refractivity contribution is -0.137. The van der Waals surface area contributed by atoms with Gasteiger partial charge in [0.05, 0.1) is 12.6 Å². The van der Waals surface area contributed by atoms with Gasteiger partial charge < -0.3 is 20.9 Å². The van der Waals surface area contributed by atoms with Gasteiger partial charge in [-0.2, -0.15) is 0 Å². The standard InChI is InChI=1S/C10H19N3O3/c11-10(12-5-1-4-9(14)15)13-7-8-3-2-6-16-8/h8H,1-7H2,(H,14,15)(H3,11,12,13). The summed E-state index contributed by atoms with van der Waals surface area (Å²) in [6, 6.07) is 0. The van der Waals surface area contributed by atoms with E-state index in [4.69, 9.17) is 15.6 Å². The summed E-state index contributed by atoms with van der Waals surface area (Å²) in [5, 5.41) is 11.3. The molecule has 1 aliphatic heterocycles. The molecule has 4 N–H and O–H groups in total. The van der Waals surface area contributed by atoms with Crippen LogP contribution in [-0.4, -0.2) is 42.8 Å². The number of nitrogens with zero attached hydrogens (tertiary/aromatic N) is 1. The second-order valence-electron chi connectivity index (χ2n) is 3.79. The number of guanidine groups is 1. The second-order valence-corrected chi connectivity index (χ2v) is 3.79. The molecular formula is C10H19N3O3. The molecule has 0 radical (unpaired) electrons. The van der Waals surface area contributed by atoms with Gasteiger partial charge in [-0.25, -0.2) is 0 Å². The zero-order valence-electron chi connectivity index (χ0n) is 9.32. The van der Waals surface area contributed by atoms with Crippen LogP contribution in [0.5, 0.6) is 0 Å². The molecule has 1 heterocycles. The highest BCUT2D eigenvalue weighted by atomic mass is 16.5. The number of nitrogens with one attached hydrogen (secondary N) is 1. The summed E-state index contributed by atoms with van der Waals surface area (Å²) in [7, 11) is 0. The molecular weight excluding hydrogens is 210 g/mol. The quantitative estimate of drug-likeness (QED) is 0.336. The van der Waals surface area contributed by atoms with Gasteiger partial charge in [-0.15, -0.1) is 0 Å². The zero-order chi connectivity index (χ0) is 11.8. The predicted octanol–water partition coefficient (Wildman–Crippen LogP) is -0.0655. The Balaban J connectivity index is 2.06. The van der Waals surface area contributed by atoms with Gasteiger partial charge in [-0.3, -0.25) is 9.79 Å². The maximum Gasteiger partial charge on any atom is 0.303 e. The minimum Gasteiger partial charge on any atom is -0.481 e. The van der Waals surface area contributed by atoms with E-state index < -0.39 is 5.97 Å². The van der Waals surface area contributed by atoms with Crippen LogP contribution < -0.4 is 11.1 Å². The lowest BCUT2D eigenvalue weighted by Gasteiger charge is -2.07. The number of hydrogen-bond donors (Lipinski definition) is 3. The SMILES string of the molecule is NC(=NCC1CCCO1)NCCCC(=O)O. The van der Waals surface area contributed by atoms with Crippen molar-refractivity contribution in [3.63, 3.8) is 0 Å². The Morgan fingerprint density at radius 3 is 3.06 bits per heavy atom. The number of hydrogen-bond acceptors (Lipinski definition) is 3. The molecule has 0 amide bonds. The number of aliphatic imine (C=N–C) groups is 1.